The Hall–Kier alpha value is -4.34. The quantitative estimate of drug-likeness (QED) is 0.371. The summed E-state index contributed by atoms with van der Waals surface area (Å²) in [6.07, 6.45) is 3.35. The summed E-state index contributed by atoms with van der Waals surface area (Å²) < 4.78 is 0. The third-order valence-corrected chi connectivity index (χ3v) is 4.16. The molecule has 152 valence electrons. The minimum Gasteiger partial charge on any atom is -0.277 e. The van der Waals surface area contributed by atoms with Crippen LogP contribution in [0.15, 0.2) is 83.8 Å². The van der Waals surface area contributed by atoms with Crippen molar-refractivity contribution in [1.82, 2.24) is 4.90 Å². The Labute approximate surface area is 172 Å². The van der Waals surface area contributed by atoms with Crippen LogP contribution in [0.1, 0.15) is 0 Å². The van der Waals surface area contributed by atoms with Gasteiger partial charge in [0.1, 0.15) is 0 Å². The number of benzene rings is 2. The van der Waals surface area contributed by atoms with Crippen molar-refractivity contribution in [1.29, 1.82) is 0 Å². The molecule has 10 heteroatoms. The van der Waals surface area contributed by atoms with Crippen LogP contribution in [0.4, 0.5) is 22.7 Å². The summed E-state index contributed by atoms with van der Waals surface area (Å²) >= 11 is 0. The van der Waals surface area contributed by atoms with Crippen LogP contribution in [0.3, 0.4) is 0 Å². The highest BCUT2D eigenvalue weighted by Crippen LogP contribution is 2.30. The molecule has 10 nitrogen and oxygen atoms in total. The van der Waals surface area contributed by atoms with Crippen LogP contribution in [-0.4, -0.2) is 39.8 Å². The van der Waals surface area contributed by atoms with E-state index < -0.39 is 9.85 Å². The van der Waals surface area contributed by atoms with Gasteiger partial charge in [0.05, 0.1) is 27.8 Å². The number of hydrogen-bond acceptors (Lipinski definition) is 6. The normalized spacial score (nSPS) is 15.7. The van der Waals surface area contributed by atoms with Gasteiger partial charge in [0, 0.05) is 30.8 Å². The maximum atomic E-state index is 11.0. The fourth-order valence-electron chi connectivity index (χ4n) is 2.80. The predicted octanol–water partition coefficient (Wildman–Crippen LogP) is 4.04. The fraction of sp³-hybridized carbons (Fsp3) is 0.100. The summed E-state index contributed by atoms with van der Waals surface area (Å²) in [7, 11) is 0. The van der Waals surface area contributed by atoms with Crippen molar-refractivity contribution >= 4 is 34.7 Å². The monoisotopic (exact) mass is 406 g/mol. The van der Waals surface area contributed by atoms with Gasteiger partial charge in [-0.1, -0.05) is 12.2 Å². The third kappa shape index (κ3) is 4.07. The number of nitro benzene ring substituents is 2. The first kappa shape index (κ1) is 20.4. The molecule has 3 rings (SSSR count). The molecule has 1 heterocycles. The van der Waals surface area contributed by atoms with Crippen molar-refractivity contribution in [3.63, 3.8) is 0 Å². The molecule has 0 spiro atoms. The minimum absolute atomic E-state index is 0.0272. The average Bonchev–Trinajstić information content (AvgIpc) is 2.74. The number of hydrogen-bond donors (Lipinski definition) is 0. The average molecular weight is 406 g/mol. The molecule has 0 radical (unpaired) electrons. The zero-order valence-corrected chi connectivity index (χ0v) is 15.9. The number of anilines is 1. The van der Waals surface area contributed by atoms with Crippen LogP contribution in [0, 0.1) is 20.2 Å². The highest BCUT2D eigenvalue weighted by molar-refractivity contribution is 6.32. The van der Waals surface area contributed by atoms with E-state index in [0.29, 0.717) is 36.4 Å². The number of rotatable bonds is 8. The largest absolute Gasteiger partial charge is 0.277 e. The molecule has 0 bridgehead atoms. The second kappa shape index (κ2) is 8.78. The van der Waals surface area contributed by atoms with Crippen LogP contribution in [-0.2, 0) is 0 Å². The van der Waals surface area contributed by atoms with E-state index in [1.54, 1.807) is 41.3 Å². The van der Waals surface area contributed by atoms with Crippen molar-refractivity contribution in [3.8, 4) is 0 Å². The van der Waals surface area contributed by atoms with Crippen molar-refractivity contribution in [2.24, 2.45) is 9.98 Å². The Morgan fingerprint density at radius 3 is 1.93 bits per heavy atom. The van der Waals surface area contributed by atoms with Gasteiger partial charge in [-0.15, -0.1) is 13.2 Å². The van der Waals surface area contributed by atoms with E-state index in [1.807, 2.05) is 4.90 Å². The van der Waals surface area contributed by atoms with E-state index >= 15 is 0 Å². The van der Waals surface area contributed by atoms with E-state index in [9.17, 15) is 20.2 Å². The topological polar surface area (TPSA) is 117 Å². The van der Waals surface area contributed by atoms with Crippen molar-refractivity contribution in [2.45, 2.75) is 0 Å². The van der Waals surface area contributed by atoms with Crippen LogP contribution in [0.25, 0.3) is 0 Å². The molecule has 30 heavy (non-hydrogen) atoms. The summed E-state index contributed by atoms with van der Waals surface area (Å²) in [5.41, 5.74) is 1.10. The molecular formula is C20H18N6O4. The Kier molecular flexibility index (Phi) is 5.97. The standard InChI is InChI=1S/C20H18N6O4/c1-3-13-21-19-23(14-4-2)20(22-15-5-7-17(8-6-15)25(27)28)24(19)16-9-11-18(12-10-16)26(29)30/h3-12H,1-2,13-14H2. The lowest BCUT2D eigenvalue weighted by Gasteiger charge is -2.45. The predicted molar refractivity (Wildman–Crippen MR) is 115 cm³/mol. The van der Waals surface area contributed by atoms with Gasteiger partial charge in [0.25, 0.3) is 11.4 Å². The first-order valence-electron chi connectivity index (χ1n) is 8.87. The minimum atomic E-state index is -0.479. The van der Waals surface area contributed by atoms with E-state index in [1.165, 1.54) is 24.3 Å². The summed E-state index contributed by atoms with van der Waals surface area (Å²) in [5.74, 6) is 1.10. The molecule has 0 saturated carbocycles. The maximum Gasteiger partial charge on any atom is 0.269 e. The maximum absolute atomic E-state index is 11.0. The Morgan fingerprint density at radius 2 is 1.43 bits per heavy atom. The smallest absolute Gasteiger partial charge is 0.269 e. The lowest BCUT2D eigenvalue weighted by molar-refractivity contribution is -0.385. The van der Waals surface area contributed by atoms with Crippen molar-refractivity contribution < 1.29 is 9.85 Å². The molecule has 0 aliphatic carbocycles. The van der Waals surface area contributed by atoms with Gasteiger partial charge in [-0.25, -0.2) is 14.9 Å². The van der Waals surface area contributed by atoms with Gasteiger partial charge < -0.3 is 0 Å². The van der Waals surface area contributed by atoms with E-state index in [-0.39, 0.29) is 11.4 Å². The summed E-state index contributed by atoms with van der Waals surface area (Å²) in [5, 5.41) is 21.8. The highest BCUT2D eigenvalue weighted by atomic mass is 16.6. The third-order valence-electron chi connectivity index (χ3n) is 4.16. The Morgan fingerprint density at radius 1 is 0.867 bits per heavy atom. The van der Waals surface area contributed by atoms with E-state index in [0.717, 1.165) is 0 Å². The van der Waals surface area contributed by atoms with Crippen LogP contribution < -0.4 is 4.90 Å². The second-order valence-corrected chi connectivity index (χ2v) is 6.12. The molecule has 0 atom stereocenters. The van der Waals surface area contributed by atoms with E-state index in [2.05, 4.69) is 23.1 Å². The van der Waals surface area contributed by atoms with E-state index in [4.69, 9.17) is 0 Å². The lowest BCUT2D eigenvalue weighted by atomic mass is 10.2. The highest BCUT2D eigenvalue weighted by Gasteiger charge is 2.39. The molecule has 0 amide bonds. The Bertz CT molecular complexity index is 1040. The fourth-order valence-corrected chi connectivity index (χ4v) is 2.80. The lowest BCUT2D eigenvalue weighted by Crippen LogP contribution is -2.66. The molecule has 0 aromatic heterocycles. The number of nitrogens with zero attached hydrogens (tertiary/aromatic N) is 6. The van der Waals surface area contributed by atoms with Gasteiger partial charge in [-0.3, -0.25) is 25.1 Å². The summed E-state index contributed by atoms with van der Waals surface area (Å²) in [4.78, 5) is 33.5. The van der Waals surface area contributed by atoms with Crippen LogP contribution >= 0.6 is 0 Å². The second-order valence-electron chi connectivity index (χ2n) is 6.12. The molecule has 1 aliphatic heterocycles. The molecule has 2 aromatic rings. The first-order valence-corrected chi connectivity index (χ1v) is 8.87. The molecule has 2 aromatic carbocycles. The van der Waals surface area contributed by atoms with Gasteiger partial charge in [0.2, 0.25) is 11.9 Å². The zero-order valence-electron chi connectivity index (χ0n) is 15.9. The van der Waals surface area contributed by atoms with Gasteiger partial charge in [0.15, 0.2) is 0 Å². The molecule has 0 unspecified atom stereocenters. The zero-order chi connectivity index (χ0) is 21.7. The molecular weight excluding hydrogens is 388 g/mol. The number of guanidine groups is 2. The number of nitro groups is 2. The molecule has 0 N–H and O–H groups in total. The van der Waals surface area contributed by atoms with Crippen molar-refractivity contribution in [2.75, 3.05) is 18.0 Å². The van der Waals surface area contributed by atoms with Gasteiger partial charge >= 0.3 is 0 Å². The molecule has 1 fully saturated rings. The van der Waals surface area contributed by atoms with Gasteiger partial charge in [-0.05, 0) is 24.3 Å². The summed E-state index contributed by atoms with van der Waals surface area (Å²) in [6, 6.07) is 11.9. The van der Waals surface area contributed by atoms with Crippen LogP contribution in [0.5, 0.6) is 0 Å². The van der Waals surface area contributed by atoms with Gasteiger partial charge in [-0.2, -0.15) is 0 Å². The summed E-state index contributed by atoms with van der Waals surface area (Å²) in [6.45, 7) is 8.24. The molecule has 1 saturated heterocycles. The SMILES string of the molecule is C=CCN=C1N(CC=C)C(=Nc2ccc([N+](=O)[O-])cc2)N1c1ccc([N+](=O)[O-])cc1. The number of non-ortho nitro benzene ring substituents is 2. The number of aliphatic imine (C=N–C) groups is 2. The van der Waals surface area contributed by atoms with Crippen molar-refractivity contribution in [3.05, 3.63) is 94.1 Å². The first-order chi connectivity index (χ1) is 14.5. The van der Waals surface area contributed by atoms with Crippen LogP contribution in [0.2, 0.25) is 0 Å². The molecule has 1 aliphatic rings. The Balaban J connectivity index is 2.03.